The molecule has 136 valence electrons. The predicted molar refractivity (Wildman–Crippen MR) is 94.6 cm³/mol. The molecule has 1 amide bonds. The smallest absolute Gasteiger partial charge is 0.248 e. The molecule has 2 N–H and O–H groups in total. The molecule has 2 atom stereocenters. The van der Waals surface area contributed by atoms with Crippen LogP contribution in [0.25, 0.3) is 0 Å². The number of nitrogens with zero attached hydrogens (tertiary/aromatic N) is 2. The van der Waals surface area contributed by atoms with Crippen LogP contribution in [0.4, 0.5) is 0 Å². The second-order valence-electron chi connectivity index (χ2n) is 5.93. The number of halogens is 1. The van der Waals surface area contributed by atoms with Crippen molar-refractivity contribution in [3.63, 3.8) is 0 Å². The molecule has 1 aliphatic heterocycles. The molecule has 2 unspecified atom stereocenters. The standard InChI is InChI=1S/C17H22N4O3.ClH/c1-12(19-16(22)10-14-11-23-8-7-18-14)17-20-15(21-24-17)9-13-5-3-2-4-6-13;/h2-6,12,14,18H,7-11H2,1H3,(H,19,22);1H. The summed E-state index contributed by atoms with van der Waals surface area (Å²) < 4.78 is 10.6. The van der Waals surface area contributed by atoms with Crippen molar-refractivity contribution in [2.75, 3.05) is 19.8 Å². The summed E-state index contributed by atoms with van der Waals surface area (Å²) in [5.41, 5.74) is 1.12. The van der Waals surface area contributed by atoms with Crippen molar-refractivity contribution in [3.05, 3.63) is 47.6 Å². The number of benzene rings is 1. The number of hydrogen-bond acceptors (Lipinski definition) is 6. The fourth-order valence-electron chi connectivity index (χ4n) is 2.63. The van der Waals surface area contributed by atoms with Gasteiger partial charge in [-0.2, -0.15) is 4.98 Å². The van der Waals surface area contributed by atoms with Gasteiger partial charge in [-0.1, -0.05) is 35.5 Å². The van der Waals surface area contributed by atoms with E-state index in [0.717, 1.165) is 12.1 Å². The van der Waals surface area contributed by atoms with E-state index in [2.05, 4.69) is 20.8 Å². The maximum Gasteiger partial charge on any atom is 0.248 e. The van der Waals surface area contributed by atoms with E-state index in [1.807, 2.05) is 37.3 Å². The Balaban J connectivity index is 0.00000225. The number of rotatable bonds is 6. The fourth-order valence-corrected chi connectivity index (χ4v) is 2.63. The summed E-state index contributed by atoms with van der Waals surface area (Å²) >= 11 is 0. The van der Waals surface area contributed by atoms with Crippen molar-refractivity contribution in [2.45, 2.75) is 31.8 Å². The van der Waals surface area contributed by atoms with E-state index >= 15 is 0 Å². The lowest BCUT2D eigenvalue weighted by atomic mass is 10.1. The molecule has 0 aliphatic carbocycles. The Morgan fingerprint density at radius 3 is 2.92 bits per heavy atom. The molecule has 1 aliphatic rings. The number of amides is 1. The zero-order valence-corrected chi connectivity index (χ0v) is 14.9. The Labute approximate surface area is 152 Å². The van der Waals surface area contributed by atoms with Crippen LogP contribution in [-0.2, 0) is 16.0 Å². The second-order valence-corrected chi connectivity index (χ2v) is 5.93. The molecule has 0 radical (unpaired) electrons. The van der Waals surface area contributed by atoms with Gasteiger partial charge in [0.25, 0.3) is 0 Å². The monoisotopic (exact) mass is 366 g/mol. The highest BCUT2D eigenvalue weighted by Gasteiger charge is 2.20. The molecule has 25 heavy (non-hydrogen) atoms. The van der Waals surface area contributed by atoms with Crippen LogP contribution in [0.2, 0.25) is 0 Å². The highest BCUT2D eigenvalue weighted by Crippen LogP contribution is 2.13. The first-order valence-electron chi connectivity index (χ1n) is 8.17. The van der Waals surface area contributed by atoms with Crippen LogP contribution in [0, 0.1) is 0 Å². The maximum absolute atomic E-state index is 12.1. The van der Waals surface area contributed by atoms with Gasteiger partial charge in [-0.3, -0.25) is 4.79 Å². The molecule has 0 bridgehead atoms. The summed E-state index contributed by atoms with van der Waals surface area (Å²) in [5, 5.41) is 10.1. The van der Waals surface area contributed by atoms with Gasteiger partial charge in [-0.25, -0.2) is 0 Å². The zero-order valence-electron chi connectivity index (χ0n) is 14.1. The van der Waals surface area contributed by atoms with Crippen molar-refractivity contribution in [1.29, 1.82) is 0 Å². The molecule has 1 aromatic heterocycles. The normalized spacial score (nSPS) is 18.2. The lowest BCUT2D eigenvalue weighted by Crippen LogP contribution is -2.44. The van der Waals surface area contributed by atoms with Crippen LogP contribution in [0.3, 0.4) is 0 Å². The molecule has 1 aromatic carbocycles. The number of nitrogens with one attached hydrogen (secondary N) is 2. The Morgan fingerprint density at radius 1 is 1.40 bits per heavy atom. The number of aromatic nitrogens is 2. The molecular formula is C17H23ClN4O3. The SMILES string of the molecule is CC(NC(=O)CC1COCCN1)c1nc(Cc2ccccc2)no1.Cl. The molecule has 0 saturated carbocycles. The molecule has 8 heteroatoms. The maximum atomic E-state index is 12.1. The van der Waals surface area contributed by atoms with Gasteiger partial charge in [-0.15, -0.1) is 12.4 Å². The first kappa shape index (κ1) is 19.4. The highest BCUT2D eigenvalue weighted by molar-refractivity contribution is 5.85. The van der Waals surface area contributed by atoms with Gasteiger partial charge < -0.3 is 19.9 Å². The van der Waals surface area contributed by atoms with Gasteiger partial charge >= 0.3 is 0 Å². The average Bonchev–Trinajstić information content (AvgIpc) is 3.05. The summed E-state index contributed by atoms with van der Waals surface area (Å²) in [5.74, 6) is 0.968. The third kappa shape index (κ3) is 5.81. The molecule has 2 aromatic rings. The molecule has 7 nitrogen and oxygen atoms in total. The average molecular weight is 367 g/mol. The molecular weight excluding hydrogens is 344 g/mol. The van der Waals surface area contributed by atoms with E-state index in [1.54, 1.807) is 0 Å². The van der Waals surface area contributed by atoms with Crippen LogP contribution in [0.15, 0.2) is 34.9 Å². The third-order valence-electron chi connectivity index (χ3n) is 3.87. The highest BCUT2D eigenvalue weighted by atomic mass is 35.5. The van der Waals surface area contributed by atoms with E-state index in [-0.39, 0.29) is 30.4 Å². The first-order chi connectivity index (χ1) is 11.7. The van der Waals surface area contributed by atoms with Gasteiger partial charge in [0.05, 0.1) is 13.2 Å². The Hall–Kier alpha value is -1.96. The van der Waals surface area contributed by atoms with Crippen LogP contribution >= 0.6 is 12.4 Å². The first-order valence-corrected chi connectivity index (χ1v) is 8.17. The topological polar surface area (TPSA) is 89.3 Å². The quantitative estimate of drug-likeness (QED) is 0.807. The van der Waals surface area contributed by atoms with Crippen LogP contribution < -0.4 is 10.6 Å². The van der Waals surface area contributed by atoms with E-state index < -0.39 is 0 Å². The molecule has 1 saturated heterocycles. The van der Waals surface area contributed by atoms with Crippen molar-refractivity contribution in [3.8, 4) is 0 Å². The molecule has 3 rings (SSSR count). The van der Waals surface area contributed by atoms with E-state index in [4.69, 9.17) is 9.26 Å². The minimum Gasteiger partial charge on any atom is -0.378 e. The van der Waals surface area contributed by atoms with Crippen LogP contribution in [-0.4, -0.2) is 41.8 Å². The lowest BCUT2D eigenvalue weighted by molar-refractivity contribution is -0.123. The Bertz CT molecular complexity index is 659. The minimum absolute atomic E-state index is 0. The summed E-state index contributed by atoms with van der Waals surface area (Å²) in [7, 11) is 0. The van der Waals surface area contributed by atoms with E-state index in [1.165, 1.54) is 0 Å². The Morgan fingerprint density at radius 2 is 2.20 bits per heavy atom. The van der Waals surface area contributed by atoms with Gasteiger partial charge in [-0.05, 0) is 12.5 Å². The predicted octanol–water partition coefficient (Wildman–Crippen LogP) is 1.64. The van der Waals surface area contributed by atoms with Crippen molar-refractivity contribution in [2.24, 2.45) is 0 Å². The van der Waals surface area contributed by atoms with Gasteiger partial charge in [0.2, 0.25) is 11.8 Å². The molecule has 2 heterocycles. The summed E-state index contributed by atoms with van der Waals surface area (Å²) in [4.78, 5) is 16.5. The lowest BCUT2D eigenvalue weighted by Gasteiger charge is -2.23. The number of morpholine rings is 1. The summed E-state index contributed by atoms with van der Waals surface area (Å²) in [6.45, 7) is 3.87. The summed E-state index contributed by atoms with van der Waals surface area (Å²) in [6, 6.07) is 9.68. The van der Waals surface area contributed by atoms with Gasteiger partial charge in [0.15, 0.2) is 5.82 Å². The minimum atomic E-state index is -0.320. The number of hydrogen-bond donors (Lipinski definition) is 2. The Kier molecular flexibility index (Phi) is 7.36. The van der Waals surface area contributed by atoms with Crippen molar-refractivity contribution >= 4 is 18.3 Å². The van der Waals surface area contributed by atoms with Crippen molar-refractivity contribution in [1.82, 2.24) is 20.8 Å². The molecule has 1 fully saturated rings. The van der Waals surface area contributed by atoms with Crippen LogP contribution in [0.5, 0.6) is 0 Å². The van der Waals surface area contributed by atoms with E-state index in [9.17, 15) is 4.79 Å². The van der Waals surface area contributed by atoms with Crippen molar-refractivity contribution < 1.29 is 14.1 Å². The second kappa shape index (κ2) is 9.50. The largest absolute Gasteiger partial charge is 0.378 e. The number of carbonyl (C=O) groups excluding carboxylic acids is 1. The summed E-state index contributed by atoms with van der Waals surface area (Å²) in [6.07, 6.45) is 0.976. The van der Waals surface area contributed by atoms with E-state index in [0.29, 0.717) is 37.8 Å². The van der Waals surface area contributed by atoms with Crippen LogP contribution in [0.1, 0.15) is 36.7 Å². The molecule has 0 spiro atoms. The zero-order chi connectivity index (χ0) is 16.8. The third-order valence-corrected chi connectivity index (χ3v) is 3.87. The number of carbonyl (C=O) groups is 1. The number of ether oxygens (including phenoxy) is 1. The fraction of sp³-hybridized carbons (Fsp3) is 0.471. The van der Waals surface area contributed by atoms with Gasteiger partial charge in [0, 0.05) is 25.4 Å². The van der Waals surface area contributed by atoms with Gasteiger partial charge in [0.1, 0.15) is 6.04 Å².